The van der Waals surface area contributed by atoms with Crippen LogP contribution in [0.5, 0.6) is 0 Å². The Hall–Kier alpha value is -6.41. The van der Waals surface area contributed by atoms with Crippen molar-refractivity contribution in [3.63, 3.8) is 0 Å². The van der Waals surface area contributed by atoms with Gasteiger partial charge in [0.1, 0.15) is 0 Å². The molecule has 10 aromatic rings. The van der Waals surface area contributed by atoms with E-state index in [1.165, 1.54) is 21.5 Å². The lowest BCUT2D eigenvalue weighted by Gasteiger charge is -2.22. The minimum atomic E-state index is -3.22. The van der Waals surface area contributed by atoms with Crippen molar-refractivity contribution < 1.29 is 4.57 Å². The fourth-order valence-electron chi connectivity index (χ4n) is 8.00. The number of aromatic nitrogens is 2. The summed E-state index contributed by atoms with van der Waals surface area (Å²) < 4.78 is 15.5. The van der Waals surface area contributed by atoms with Crippen molar-refractivity contribution in [2.45, 2.75) is 0 Å². The van der Waals surface area contributed by atoms with Gasteiger partial charge in [-0.2, -0.15) is 0 Å². The highest BCUT2D eigenvalue weighted by Gasteiger charge is 2.32. The van der Waals surface area contributed by atoms with E-state index in [2.05, 4.69) is 103 Å². The summed E-state index contributed by atoms with van der Waals surface area (Å²) in [6.45, 7) is 0. The first-order chi connectivity index (χ1) is 25.7. The van der Waals surface area contributed by atoms with Crippen LogP contribution >= 0.6 is 7.14 Å². The second-order valence-corrected chi connectivity index (χ2v) is 15.9. The summed E-state index contributed by atoms with van der Waals surface area (Å²) in [5.41, 5.74) is 4.45. The van der Waals surface area contributed by atoms with Crippen LogP contribution in [0.3, 0.4) is 0 Å². The number of hydrogen-bond donors (Lipinski definition) is 0. The third kappa shape index (κ3) is 4.64. The van der Waals surface area contributed by atoms with Crippen LogP contribution in [-0.4, -0.2) is 9.97 Å². The number of rotatable bonds is 5. The van der Waals surface area contributed by atoms with Crippen LogP contribution in [0.1, 0.15) is 0 Å². The van der Waals surface area contributed by atoms with Crippen LogP contribution in [0, 0.1) is 0 Å². The predicted molar refractivity (Wildman–Crippen MR) is 220 cm³/mol. The molecule has 244 valence electrons. The molecule has 0 spiro atoms. The summed E-state index contributed by atoms with van der Waals surface area (Å²) in [6, 6.07) is 64.2. The van der Waals surface area contributed by atoms with Gasteiger partial charge in [-0.3, -0.25) is 0 Å². The van der Waals surface area contributed by atoms with Crippen molar-refractivity contribution in [3.05, 3.63) is 188 Å². The summed E-state index contributed by atoms with van der Waals surface area (Å²) >= 11 is 0. The van der Waals surface area contributed by atoms with Crippen LogP contribution in [-0.2, 0) is 4.57 Å². The van der Waals surface area contributed by atoms with Gasteiger partial charge in [0.2, 0.25) is 0 Å². The lowest BCUT2D eigenvalue weighted by atomic mass is 9.90. The van der Waals surface area contributed by atoms with Crippen LogP contribution in [0.25, 0.3) is 76.6 Å². The summed E-state index contributed by atoms with van der Waals surface area (Å²) in [4.78, 5) is 10.7. The zero-order chi connectivity index (χ0) is 34.6. The lowest BCUT2D eigenvalue weighted by molar-refractivity contribution is 0.592. The van der Waals surface area contributed by atoms with Crippen LogP contribution in [0.2, 0.25) is 0 Å². The average molecular weight is 683 g/mol. The lowest BCUT2D eigenvalue weighted by Crippen LogP contribution is -2.25. The molecule has 0 fully saturated rings. The SMILES string of the molecule is O=P(c1ccccc1)(c1ccccc1)c1ccc(-c2ccc3c(n2)nc(-c2ccccc2)c2c4ccccc4c4ccccc4c32)c2ccccc12. The highest BCUT2D eigenvalue weighted by atomic mass is 31.2. The van der Waals surface area contributed by atoms with Gasteiger partial charge in [-0.1, -0.05) is 170 Å². The fraction of sp³-hybridized carbons (Fsp3) is 0. The van der Waals surface area contributed by atoms with E-state index in [-0.39, 0.29) is 0 Å². The highest BCUT2D eigenvalue weighted by molar-refractivity contribution is 7.85. The summed E-state index contributed by atoms with van der Waals surface area (Å²) in [6.07, 6.45) is 0. The van der Waals surface area contributed by atoms with Gasteiger partial charge in [-0.15, -0.1) is 0 Å². The van der Waals surface area contributed by atoms with Gasteiger partial charge < -0.3 is 4.57 Å². The van der Waals surface area contributed by atoms with Crippen LogP contribution < -0.4 is 15.9 Å². The second kappa shape index (κ2) is 12.1. The van der Waals surface area contributed by atoms with Gasteiger partial charge in [-0.05, 0) is 50.5 Å². The van der Waals surface area contributed by atoms with Crippen molar-refractivity contribution in [2.24, 2.45) is 0 Å². The number of hydrogen-bond acceptors (Lipinski definition) is 3. The van der Waals surface area contributed by atoms with E-state index in [4.69, 9.17) is 9.97 Å². The molecule has 0 atom stereocenters. The molecule has 0 saturated carbocycles. The minimum absolute atomic E-state index is 0.691. The number of nitrogens with zero attached hydrogens (tertiary/aromatic N) is 2. The minimum Gasteiger partial charge on any atom is -0.309 e. The van der Waals surface area contributed by atoms with Crippen molar-refractivity contribution >= 4 is 77.2 Å². The maximum absolute atomic E-state index is 15.5. The van der Waals surface area contributed by atoms with E-state index in [0.717, 1.165) is 65.4 Å². The molecule has 2 aromatic heterocycles. The van der Waals surface area contributed by atoms with Gasteiger partial charge in [0, 0.05) is 43.2 Å². The molecular formula is C48H31N2OP. The molecule has 0 aliphatic carbocycles. The summed E-state index contributed by atoms with van der Waals surface area (Å²) in [5.74, 6) is 0. The molecule has 0 aliphatic heterocycles. The Bertz CT molecular complexity index is 2990. The van der Waals surface area contributed by atoms with Crippen molar-refractivity contribution in [1.82, 2.24) is 9.97 Å². The molecule has 0 N–H and O–H groups in total. The topological polar surface area (TPSA) is 42.9 Å². The maximum Gasteiger partial charge on any atom is 0.171 e. The number of pyridine rings is 2. The standard InChI is InChI=1S/C48H31N2OP/c51-52(33-18-6-2-7-19-33,34-20-8-3-9-21-34)44-31-29-38(37-24-10-13-25-39(37)44)43-30-28-42-45-40-26-14-11-22-35(40)36-23-12-15-27-41(36)46(45)47(50-48(42)49-43)32-16-4-1-5-17-32/h1-31H. The molecule has 0 amide bonds. The average Bonchev–Trinajstić information content (AvgIpc) is 3.23. The second-order valence-electron chi connectivity index (χ2n) is 13.2. The zero-order valence-corrected chi connectivity index (χ0v) is 29.0. The first-order valence-corrected chi connectivity index (χ1v) is 19.2. The Morgan fingerprint density at radius 3 is 1.48 bits per heavy atom. The zero-order valence-electron chi connectivity index (χ0n) is 28.1. The molecule has 0 bridgehead atoms. The number of benzene rings is 8. The van der Waals surface area contributed by atoms with Crippen LogP contribution in [0.15, 0.2) is 188 Å². The van der Waals surface area contributed by atoms with Gasteiger partial charge in [0.15, 0.2) is 12.8 Å². The molecule has 4 heteroatoms. The van der Waals surface area contributed by atoms with Gasteiger partial charge in [0.05, 0.1) is 11.4 Å². The smallest absolute Gasteiger partial charge is 0.171 e. The molecule has 0 aliphatic rings. The fourth-order valence-corrected chi connectivity index (χ4v) is 10.9. The molecule has 0 unspecified atom stereocenters. The Kier molecular flexibility index (Phi) is 7.09. The number of fused-ring (bicyclic) bond motifs is 9. The largest absolute Gasteiger partial charge is 0.309 e. The molecule has 3 nitrogen and oxygen atoms in total. The molecule has 52 heavy (non-hydrogen) atoms. The molecule has 8 aromatic carbocycles. The van der Waals surface area contributed by atoms with E-state index >= 15 is 4.57 Å². The first-order valence-electron chi connectivity index (χ1n) is 17.5. The highest BCUT2D eigenvalue weighted by Crippen LogP contribution is 2.46. The van der Waals surface area contributed by atoms with E-state index in [9.17, 15) is 0 Å². The van der Waals surface area contributed by atoms with Crippen molar-refractivity contribution in [2.75, 3.05) is 0 Å². The normalized spacial score (nSPS) is 11.9. The molecule has 10 rings (SSSR count). The summed E-state index contributed by atoms with van der Waals surface area (Å²) in [5, 5.41) is 12.5. The Morgan fingerprint density at radius 2 is 0.865 bits per heavy atom. The van der Waals surface area contributed by atoms with Crippen LogP contribution in [0.4, 0.5) is 0 Å². The van der Waals surface area contributed by atoms with E-state index in [0.29, 0.717) is 5.65 Å². The Morgan fingerprint density at radius 1 is 0.365 bits per heavy atom. The van der Waals surface area contributed by atoms with Gasteiger partial charge in [-0.25, -0.2) is 9.97 Å². The van der Waals surface area contributed by atoms with Crippen molar-refractivity contribution in [3.8, 4) is 22.5 Å². The van der Waals surface area contributed by atoms with E-state index in [1.54, 1.807) is 0 Å². The third-order valence-corrected chi connectivity index (χ3v) is 13.5. The third-order valence-electron chi connectivity index (χ3n) is 10.3. The quantitative estimate of drug-likeness (QED) is 0.134. The molecule has 0 radical (unpaired) electrons. The van der Waals surface area contributed by atoms with E-state index < -0.39 is 7.14 Å². The summed E-state index contributed by atoms with van der Waals surface area (Å²) in [7, 11) is -3.22. The van der Waals surface area contributed by atoms with Gasteiger partial charge >= 0.3 is 0 Å². The molecule has 0 saturated heterocycles. The first kappa shape index (κ1) is 30.4. The molecule has 2 heterocycles. The predicted octanol–water partition coefficient (Wildman–Crippen LogP) is 11.2. The van der Waals surface area contributed by atoms with Crippen molar-refractivity contribution in [1.29, 1.82) is 0 Å². The Balaban J connectivity index is 1.26. The van der Waals surface area contributed by atoms with E-state index in [1.807, 2.05) is 84.9 Å². The molecular weight excluding hydrogens is 652 g/mol. The Labute approximate surface area is 301 Å². The monoisotopic (exact) mass is 682 g/mol. The van der Waals surface area contributed by atoms with Gasteiger partial charge in [0.25, 0.3) is 0 Å². The maximum atomic E-state index is 15.5.